The number of nitrogen functional groups attached to an aromatic ring is 1. The smallest absolute Gasteiger partial charge is 0.123 e. The number of rotatable bonds is 3. The molecule has 1 aromatic rings. The van der Waals surface area contributed by atoms with Crippen LogP contribution in [0.15, 0.2) is 17.0 Å². The molecule has 0 heterocycles. The fourth-order valence-electron chi connectivity index (χ4n) is 1.27. The SMILES string of the molecule is COc1cc(SC(C)C)c(N)cc1C. The normalized spacial score (nSPS) is 10.6. The van der Waals surface area contributed by atoms with E-state index in [1.165, 1.54) is 0 Å². The van der Waals surface area contributed by atoms with E-state index < -0.39 is 0 Å². The molecule has 0 aliphatic heterocycles. The largest absolute Gasteiger partial charge is 0.496 e. The molecule has 0 saturated carbocycles. The van der Waals surface area contributed by atoms with Gasteiger partial charge in [-0.1, -0.05) is 13.8 Å². The molecule has 2 N–H and O–H groups in total. The lowest BCUT2D eigenvalue weighted by Crippen LogP contribution is -1.96. The van der Waals surface area contributed by atoms with E-state index in [-0.39, 0.29) is 0 Å². The molecule has 0 aromatic heterocycles. The molecule has 0 bridgehead atoms. The minimum atomic E-state index is 0.532. The van der Waals surface area contributed by atoms with Crippen molar-refractivity contribution in [3.63, 3.8) is 0 Å². The van der Waals surface area contributed by atoms with Crippen LogP contribution in [0, 0.1) is 6.92 Å². The van der Waals surface area contributed by atoms with Crippen LogP contribution in [0.3, 0.4) is 0 Å². The van der Waals surface area contributed by atoms with Gasteiger partial charge in [0.25, 0.3) is 0 Å². The van der Waals surface area contributed by atoms with E-state index in [9.17, 15) is 0 Å². The average Bonchev–Trinajstić information content (AvgIpc) is 2.09. The second-order valence-electron chi connectivity index (χ2n) is 3.53. The minimum absolute atomic E-state index is 0.532. The highest BCUT2D eigenvalue weighted by molar-refractivity contribution is 8.00. The maximum atomic E-state index is 5.92. The summed E-state index contributed by atoms with van der Waals surface area (Å²) in [7, 11) is 1.68. The van der Waals surface area contributed by atoms with Gasteiger partial charge in [0.1, 0.15) is 5.75 Å². The van der Waals surface area contributed by atoms with E-state index in [4.69, 9.17) is 10.5 Å². The average molecular weight is 211 g/mol. The molecule has 1 rings (SSSR count). The first kappa shape index (κ1) is 11.2. The molecule has 2 nitrogen and oxygen atoms in total. The number of benzene rings is 1. The van der Waals surface area contributed by atoms with E-state index in [2.05, 4.69) is 13.8 Å². The highest BCUT2D eigenvalue weighted by Crippen LogP contribution is 2.33. The molecule has 0 atom stereocenters. The van der Waals surface area contributed by atoms with Crippen molar-refractivity contribution < 1.29 is 4.74 Å². The third-order valence-electron chi connectivity index (χ3n) is 1.89. The van der Waals surface area contributed by atoms with Crippen LogP contribution < -0.4 is 10.5 Å². The van der Waals surface area contributed by atoms with Crippen LogP contribution in [0.2, 0.25) is 0 Å². The maximum Gasteiger partial charge on any atom is 0.123 e. The molecule has 0 radical (unpaired) electrons. The first-order valence-corrected chi connectivity index (χ1v) is 5.53. The molecular formula is C11H17NOS. The Kier molecular flexibility index (Phi) is 3.69. The van der Waals surface area contributed by atoms with Crippen LogP contribution in [-0.2, 0) is 0 Å². The third-order valence-corrected chi connectivity index (χ3v) is 2.97. The molecule has 0 fully saturated rings. The van der Waals surface area contributed by atoms with Crippen LogP contribution in [0.4, 0.5) is 5.69 Å². The van der Waals surface area contributed by atoms with Crippen LogP contribution in [-0.4, -0.2) is 12.4 Å². The van der Waals surface area contributed by atoms with E-state index in [1.807, 2.05) is 19.1 Å². The summed E-state index contributed by atoms with van der Waals surface area (Å²) in [5.74, 6) is 0.905. The summed E-state index contributed by atoms with van der Waals surface area (Å²) in [6.07, 6.45) is 0. The molecule has 0 spiro atoms. The standard InChI is InChI=1S/C11H17NOS/c1-7(2)14-11-6-10(13-4)8(3)5-9(11)12/h5-7H,12H2,1-4H3. The molecule has 0 amide bonds. The lowest BCUT2D eigenvalue weighted by atomic mass is 10.2. The minimum Gasteiger partial charge on any atom is -0.496 e. The Bertz CT molecular complexity index is 323. The first-order chi connectivity index (χ1) is 6.54. The highest BCUT2D eigenvalue weighted by Gasteiger charge is 2.07. The summed E-state index contributed by atoms with van der Waals surface area (Å²) < 4.78 is 5.25. The van der Waals surface area contributed by atoms with Crippen LogP contribution in [0.1, 0.15) is 19.4 Å². The Morgan fingerprint density at radius 1 is 1.36 bits per heavy atom. The topological polar surface area (TPSA) is 35.2 Å². The third kappa shape index (κ3) is 2.58. The summed E-state index contributed by atoms with van der Waals surface area (Å²) in [6, 6.07) is 3.97. The van der Waals surface area contributed by atoms with Crippen LogP contribution in [0.25, 0.3) is 0 Å². The number of ether oxygens (including phenoxy) is 1. The monoisotopic (exact) mass is 211 g/mol. The van der Waals surface area contributed by atoms with Crippen molar-refractivity contribution in [2.75, 3.05) is 12.8 Å². The Morgan fingerprint density at radius 2 is 2.00 bits per heavy atom. The predicted molar refractivity (Wildman–Crippen MR) is 63.1 cm³/mol. The fraction of sp³-hybridized carbons (Fsp3) is 0.455. The lowest BCUT2D eigenvalue weighted by molar-refractivity contribution is 0.410. The van der Waals surface area contributed by atoms with Gasteiger partial charge in [-0.15, -0.1) is 11.8 Å². The number of hydrogen-bond donors (Lipinski definition) is 1. The number of hydrogen-bond acceptors (Lipinski definition) is 3. The summed E-state index contributed by atoms with van der Waals surface area (Å²) in [5, 5.41) is 0.532. The van der Waals surface area contributed by atoms with Crippen molar-refractivity contribution in [3.8, 4) is 5.75 Å². The fourth-order valence-corrected chi connectivity index (χ4v) is 2.15. The van der Waals surface area contributed by atoms with Crippen molar-refractivity contribution in [2.24, 2.45) is 0 Å². The second kappa shape index (κ2) is 4.60. The van der Waals surface area contributed by atoms with Crippen LogP contribution >= 0.6 is 11.8 Å². The zero-order chi connectivity index (χ0) is 10.7. The van der Waals surface area contributed by atoms with Gasteiger partial charge in [-0.05, 0) is 24.6 Å². The number of thioether (sulfide) groups is 1. The molecule has 14 heavy (non-hydrogen) atoms. The zero-order valence-corrected chi connectivity index (χ0v) is 9.94. The van der Waals surface area contributed by atoms with Crippen molar-refractivity contribution in [1.29, 1.82) is 0 Å². The maximum absolute atomic E-state index is 5.92. The molecule has 1 aromatic carbocycles. The van der Waals surface area contributed by atoms with Crippen molar-refractivity contribution in [2.45, 2.75) is 30.9 Å². The van der Waals surface area contributed by atoms with E-state index >= 15 is 0 Å². The molecule has 0 aliphatic carbocycles. The van der Waals surface area contributed by atoms with Crippen molar-refractivity contribution in [1.82, 2.24) is 0 Å². The summed E-state index contributed by atoms with van der Waals surface area (Å²) in [4.78, 5) is 1.10. The van der Waals surface area contributed by atoms with Gasteiger partial charge in [-0.2, -0.15) is 0 Å². The molecule has 0 aliphatic rings. The Morgan fingerprint density at radius 3 is 2.50 bits per heavy atom. The molecular weight excluding hydrogens is 194 g/mol. The first-order valence-electron chi connectivity index (χ1n) is 4.65. The van der Waals surface area contributed by atoms with Gasteiger partial charge in [0.05, 0.1) is 7.11 Å². The summed E-state index contributed by atoms with van der Waals surface area (Å²) >= 11 is 1.76. The highest BCUT2D eigenvalue weighted by atomic mass is 32.2. The molecule has 0 unspecified atom stereocenters. The van der Waals surface area contributed by atoms with Gasteiger partial charge < -0.3 is 10.5 Å². The number of anilines is 1. The molecule has 3 heteroatoms. The lowest BCUT2D eigenvalue weighted by Gasteiger charge is -2.12. The Balaban J connectivity index is 3.04. The second-order valence-corrected chi connectivity index (χ2v) is 5.14. The summed E-state index contributed by atoms with van der Waals surface area (Å²) in [5.41, 5.74) is 7.83. The van der Waals surface area contributed by atoms with E-state index in [1.54, 1.807) is 18.9 Å². The number of nitrogens with two attached hydrogens (primary N) is 1. The van der Waals surface area contributed by atoms with Gasteiger partial charge in [-0.3, -0.25) is 0 Å². The van der Waals surface area contributed by atoms with Gasteiger partial charge in [-0.25, -0.2) is 0 Å². The van der Waals surface area contributed by atoms with Gasteiger partial charge in [0.2, 0.25) is 0 Å². The van der Waals surface area contributed by atoms with E-state index in [0.717, 1.165) is 21.9 Å². The predicted octanol–water partition coefficient (Wildman–Crippen LogP) is 3.09. The van der Waals surface area contributed by atoms with Gasteiger partial charge >= 0.3 is 0 Å². The van der Waals surface area contributed by atoms with Gasteiger partial charge in [0, 0.05) is 15.8 Å². The van der Waals surface area contributed by atoms with Crippen LogP contribution in [0.5, 0.6) is 5.75 Å². The van der Waals surface area contributed by atoms with Crippen molar-refractivity contribution in [3.05, 3.63) is 17.7 Å². The quantitative estimate of drug-likeness (QED) is 0.616. The molecule has 78 valence electrons. The summed E-state index contributed by atoms with van der Waals surface area (Å²) in [6.45, 7) is 6.30. The number of methoxy groups -OCH3 is 1. The van der Waals surface area contributed by atoms with E-state index in [0.29, 0.717) is 5.25 Å². The Hall–Kier alpha value is -0.830. The zero-order valence-electron chi connectivity index (χ0n) is 9.13. The Labute approximate surface area is 89.8 Å². The number of aryl methyl sites for hydroxylation is 1. The van der Waals surface area contributed by atoms with Crippen molar-refractivity contribution >= 4 is 17.4 Å². The molecule has 0 saturated heterocycles. The van der Waals surface area contributed by atoms with Gasteiger partial charge in [0.15, 0.2) is 0 Å².